The normalized spacial score (nSPS) is 15.4. The summed E-state index contributed by atoms with van der Waals surface area (Å²) in [5.41, 5.74) is -6.01. The molecule has 0 atom stereocenters. The molecule has 0 saturated carbocycles. The van der Waals surface area contributed by atoms with E-state index in [0.29, 0.717) is 0 Å². The van der Waals surface area contributed by atoms with Crippen LogP contribution in [0.5, 0.6) is 0 Å². The molecule has 0 unspecified atom stereocenters. The first-order valence-corrected chi connectivity index (χ1v) is 6.23. The third kappa shape index (κ3) is 2.63. The van der Waals surface area contributed by atoms with Crippen LogP contribution < -0.4 is 0 Å². The van der Waals surface area contributed by atoms with Crippen LogP contribution in [0.1, 0.15) is 15.9 Å². The van der Waals surface area contributed by atoms with Gasteiger partial charge in [0.1, 0.15) is 5.57 Å². The van der Waals surface area contributed by atoms with Gasteiger partial charge in [-0.1, -0.05) is 29.8 Å². The average molecular weight is 361 g/mol. The second kappa shape index (κ2) is 5.03. The highest BCUT2D eigenvalue weighted by molar-refractivity contribution is 6.43. The number of carbonyl (C=O) groups is 1. The number of hydrogen-bond acceptors (Lipinski definition) is 1. The van der Waals surface area contributed by atoms with Gasteiger partial charge in [0, 0.05) is 16.7 Å². The van der Waals surface area contributed by atoms with Gasteiger partial charge in [0.25, 0.3) is 0 Å². The van der Waals surface area contributed by atoms with E-state index < -0.39 is 46.0 Å². The maximum atomic E-state index is 12.9. The molecular weight excluding hydrogens is 357 g/mol. The van der Waals surface area contributed by atoms with Gasteiger partial charge < -0.3 is 0 Å². The van der Waals surface area contributed by atoms with E-state index in [9.17, 15) is 31.1 Å². The summed E-state index contributed by atoms with van der Waals surface area (Å²) in [6.45, 7) is 3.05. The van der Waals surface area contributed by atoms with Gasteiger partial charge in [0.05, 0.1) is 10.0 Å². The number of allylic oxidation sites excluding steroid dienone is 3. The summed E-state index contributed by atoms with van der Waals surface area (Å²) >= 11 is 11.3. The molecule has 1 aliphatic rings. The Morgan fingerprint density at radius 3 is 1.73 bits per heavy atom. The first-order chi connectivity index (χ1) is 9.85. The molecule has 0 bridgehead atoms. The Hall–Kier alpha value is -1.47. The molecule has 0 radical (unpaired) electrons. The number of hydrogen-bond donors (Lipinski definition) is 0. The van der Waals surface area contributed by atoms with Crippen molar-refractivity contribution < 1.29 is 31.1 Å². The topological polar surface area (TPSA) is 17.1 Å². The minimum atomic E-state index is -5.72. The number of rotatable bonds is 0. The van der Waals surface area contributed by atoms with Crippen molar-refractivity contribution in [3.8, 4) is 0 Å². The number of carbonyl (C=O) groups excluding carboxylic acids is 1. The first-order valence-electron chi connectivity index (χ1n) is 5.47. The van der Waals surface area contributed by atoms with E-state index in [1.54, 1.807) is 0 Å². The quantitative estimate of drug-likeness (QED) is 0.433. The predicted molar refractivity (Wildman–Crippen MR) is 69.0 cm³/mol. The Morgan fingerprint density at radius 1 is 0.909 bits per heavy atom. The molecule has 0 aromatic heterocycles. The van der Waals surface area contributed by atoms with E-state index in [2.05, 4.69) is 6.58 Å². The van der Waals surface area contributed by atoms with Crippen LogP contribution in [0.4, 0.5) is 26.3 Å². The number of Topliss-reactive ketones (excluding diaryl/α,β-unsaturated/α-hetero) is 1. The van der Waals surface area contributed by atoms with Crippen molar-refractivity contribution in [3.63, 3.8) is 0 Å². The number of ketones is 1. The third-order valence-electron chi connectivity index (χ3n) is 2.97. The molecule has 2 rings (SSSR count). The van der Waals surface area contributed by atoms with Crippen molar-refractivity contribution in [2.24, 2.45) is 0 Å². The van der Waals surface area contributed by atoms with Gasteiger partial charge in [0.15, 0.2) is 5.78 Å². The van der Waals surface area contributed by atoms with Crippen LogP contribution in [0, 0.1) is 0 Å². The van der Waals surface area contributed by atoms with Crippen molar-refractivity contribution >= 4 is 34.6 Å². The lowest BCUT2D eigenvalue weighted by molar-refractivity contribution is -0.170. The molecule has 0 amide bonds. The lowest BCUT2D eigenvalue weighted by atomic mass is 9.98. The summed E-state index contributed by atoms with van der Waals surface area (Å²) < 4.78 is 77.1. The Kier molecular flexibility index (Phi) is 3.86. The smallest absolute Gasteiger partial charge is 0.289 e. The van der Waals surface area contributed by atoms with Crippen LogP contribution in [0.2, 0.25) is 10.0 Å². The predicted octanol–water partition coefficient (Wildman–Crippen LogP) is 5.62. The highest BCUT2D eigenvalue weighted by atomic mass is 35.5. The molecule has 1 aromatic carbocycles. The van der Waals surface area contributed by atoms with Gasteiger partial charge in [-0.05, 0) is 17.7 Å². The Balaban J connectivity index is 2.93. The summed E-state index contributed by atoms with van der Waals surface area (Å²) in [6, 6.07) is 1.71. The van der Waals surface area contributed by atoms with Crippen molar-refractivity contribution in [1.82, 2.24) is 0 Å². The highest BCUT2D eigenvalue weighted by Crippen LogP contribution is 2.49. The monoisotopic (exact) mass is 360 g/mol. The largest absolute Gasteiger partial charge is 0.421 e. The molecule has 118 valence electrons. The summed E-state index contributed by atoms with van der Waals surface area (Å²) in [6.07, 6.45) is -11.4. The van der Waals surface area contributed by atoms with E-state index >= 15 is 0 Å². The van der Waals surface area contributed by atoms with Crippen LogP contribution in [-0.2, 0) is 0 Å². The standard InChI is InChI=1S/C13H4Cl2F6O/c1-4-9(11(12(16,17)18)13(19,20)21)5-2-7(14)8(15)3-6(5)10(4)22/h2-3H,1H2. The van der Waals surface area contributed by atoms with Gasteiger partial charge in [0.2, 0.25) is 0 Å². The van der Waals surface area contributed by atoms with E-state index in [0.717, 1.165) is 12.1 Å². The highest BCUT2D eigenvalue weighted by Gasteiger charge is 2.55. The third-order valence-corrected chi connectivity index (χ3v) is 3.69. The fourth-order valence-corrected chi connectivity index (χ4v) is 2.44. The lowest BCUT2D eigenvalue weighted by Gasteiger charge is -2.18. The molecule has 1 aliphatic carbocycles. The average Bonchev–Trinajstić information content (AvgIpc) is 2.53. The van der Waals surface area contributed by atoms with Crippen LogP contribution in [0.3, 0.4) is 0 Å². The molecular formula is C13H4Cl2F6O. The van der Waals surface area contributed by atoms with Gasteiger partial charge in [-0.15, -0.1) is 0 Å². The lowest BCUT2D eigenvalue weighted by Crippen LogP contribution is -2.27. The van der Waals surface area contributed by atoms with Crippen molar-refractivity contribution in [2.45, 2.75) is 12.4 Å². The van der Waals surface area contributed by atoms with E-state index in [1.165, 1.54) is 0 Å². The molecule has 22 heavy (non-hydrogen) atoms. The zero-order valence-electron chi connectivity index (χ0n) is 10.3. The zero-order valence-corrected chi connectivity index (χ0v) is 11.8. The SMILES string of the molecule is C=C1C(=O)c2cc(Cl)c(Cl)cc2C1=C(C(F)(F)F)C(F)(F)F. The minimum Gasteiger partial charge on any atom is -0.289 e. The summed E-state index contributed by atoms with van der Waals surface area (Å²) in [4.78, 5) is 11.9. The molecule has 0 fully saturated rings. The summed E-state index contributed by atoms with van der Waals surface area (Å²) in [5.74, 6) is -1.06. The molecule has 0 heterocycles. The molecule has 0 saturated heterocycles. The number of fused-ring (bicyclic) bond motifs is 1. The number of halogens is 8. The fourth-order valence-electron chi connectivity index (χ4n) is 2.11. The summed E-state index contributed by atoms with van der Waals surface area (Å²) in [5, 5.41) is -0.438. The molecule has 0 aliphatic heterocycles. The Morgan fingerprint density at radius 2 is 1.32 bits per heavy atom. The first kappa shape index (κ1) is 16.9. The van der Waals surface area contributed by atoms with E-state index in [1.807, 2.05) is 0 Å². The molecule has 0 spiro atoms. The second-order valence-electron chi connectivity index (χ2n) is 4.37. The van der Waals surface area contributed by atoms with Crippen LogP contribution in [0.15, 0.2) is 29.9 Å². The van der Waals surface area contributed by atoms with Gasteiger partial charge in [-0.3, -0.25) is 4.79 Å². The van der Waals surface area contributed by atoms with Crippen molar-refractivity contribution in [1.29, 1.82) is 0 Å². The number of alkyl halides is 6. The molecule has 1 aromatic rings. The Labute approximate surface area is 129 Å². The number of benzene rings is 1. The molecule has 1 nitrogen and oxygen atoms in total. The van der Waals surface area contributed by atoms with Crippen LogP contribution in [-0.4, -0.2) is 18.1 Å². The minimum absolute atomic E-state index is 0.164. The van der Waals surface area contributed by atoms with Crippen molar-refractivity contribution in [3.05, 3.63) is 51.0 Å². The Bertz CT molecular complexity index is 711. The maximum absolute atomic E-state index is 12.9. The van der Waals surface area contributed by atoms with Crippen LogP contribution in [0.25, 0.3) is 5.57 Å². The van der Waals surface area contributed by atoms with Crippen molar-refractivity contribution in [2.75, 3.05) is 0 Å². The van der Waals surface area contributed by atoms with E-state index in [-0.39, 0.29) is 10.0 Å². The molecule has 9 heteroatoms. The second-order valence-corrected chi connectivity index (χ2v) is 5.18. The zero-order chi connectivity index (χ0) is 17.0. The van der Waals surface area contributed by atoms with Gasteiger partial charge >= 0.3 is 12.4 Å². The fraction of sp³-hybridized carbons (Fsp3) is 0.154. The van der Waals surface area contributed by atoms with Gasteiger partial charge in [-0.2, -0.15) is 26.3 Å². The van der Waals surface area contributed by atoms with Gasteiger partial charge in [-0.25, -0.2) is 0 Å². The maximum Gasteiger partial charge on any atom is 0.421 e. The summed E-state index contributed by atoms with van der Waals surface area (Å²) in [7, 11) is 0. The van der Waals surface area contributed by atoms with E-state index in [4.69, 9.17) is 23.2 Å². The molecule has 0 N–H and O–H groups in total. The van der Waals surface area contributed by atoms with Crippen LogP contribution >= 0.6 is 23.2 Å².